The zero-order valence-electron chi connectivity index (χ0n) is 12.5. The first-order chi connectivity index (χ1) is 10.8. The first-order valence-corrected chi connectivity index (χ1v) is 7.30. The molecule has 1 aliphatic heterocycles. The topological polar surface area (TPSA) is 81.1 Å². The molecule has 22 heavy (non-hydrogen) atoms. The van der Waals surface area contributed by atoms with Crippen molar-refractivity contribution in [1.82, 2.24) is 25.6 Å². The molecule has 0 bridgehead atoms. The van der Waals surface area contributed by atoms with Crippen molar-refractivity contribution >= 4 is 5.91 Å². The summed E-state index contributed by atoms with van der Waals surface area (Å²) in [7, 11) is 1.63. The molecule has 1 unspecified atom stereocenters. The van der Waals surface area contributed by atoms with Gasteiger partial charge in [0, 0.05) is 6.54 Å². The van der Waals surface area contributed by atoms with E-state index in [2.05, 4.69) is 20.9 Å². The lowest BCUT2D eigenvalue weighted by atomic mass is 10.1. The molecule has 2 N–H and O–H groups in total. The molecule has 0 aliphatic carbocycles. The number of hydrogen-bond acceptors (Lipinski definition) is 5. The normalized spacial score (nSPS) is 17.4. The second-order valence-electron chi connectivity index (χ2n) is 5.26. The number of aromatic nitrogens is 3. The van der Waals surface area contributed by atoms with Crippen molar-refractivity contribution in [2.75, 3.05) is 20.2 Å². The number of rotatable bonds is 5. The quantitative estimate of drug-likeness (QED) is 0.840. The lowest BCUT2D eigenvalue weighted by molar-refractivity contribution is -0.124. The predicted molar refractivity (Wildman–Crippen MR) is 80.7 cm³/mol. The third-order valence-corrected chi connectivity index (χ3v) is 3.75. The van der Waals surface area contributed by atoms with E-state index in [1.54, 1.807) is 11.8 Å². The minimum atomic E-state index is 0.0663. The van der Waals surface area contributed by atoms with E-state index < -0.39 is 0 Å². The van der Waals surface area contributed by atoms with Crippen LogP contribution in [0.25, 0.3) is 5.69 Å². The van der Waals surface area contributed by atoms with Crippen LogP contribution in [0.4, 0.5) is 0 Å². The highest BCUT2D eigenvalue weighted by Gasteiger charge is 2.22. The van der Waals surface area contributed by atoms with Crippen LogP contribution in [0, 0.1) is 5.92 Å². The first kappa shape index (κ1) is 14.5. The van der Waals surface area contributed by atoms with Gasteiger partial charge in [0.15, 0.2) is 0 Å². The Balaban J connectivity index is 1.59. The Hall–Kier alpha value is -2.41. The van der Waals surface area contributed by atoms with Crippen molar-refractivity contribution in [3.63, 3.8) is 0 Å². The van der Waals surface area contributed by atoms with Gasteiger partial charge in [0.1, 0.15) is 11.4 Å². The smallest absolute Gasteiger partial charge is 0.224 e. The maximum Gasteiger partial charge on any atom is 0.224 e. The number of amides is 1. The molecule has 1 saturated heterocycles. The third kappa shape index (κ3) is 3.25. The Bertz CT molecular complexity index is 632. The van der Waals surface area contributed by atoms with Gasteiger partial charge in [-0.15, -0.1) is 5.10 Å². The molecule has 116 valence electrons. The molecule has 0 radical (unpaired) electrons. The summed E-state index contributed by atoms with van der Waals surface area (Å²) in [4.78, 5) is 11.9. The van der Waals surface area contributed by atoms with Crippen LogP contribution < -0.4 is 15.4 Å². The van der Waals surface area contributed by atoms with Crippen molar-refractivity contribution < 1.29 is 9.53 Å². The van der Waals surface area contributed by atoms with E-state index in [0.29, 0.717) is 6.54 Å². The molecule has 2 heterocycles. The van der Waals surface area contributed by atoms with Gasteiger partial charge in [0.25, 0.3) is 0 Å². The fourth-order valence-electron chi connectivity index (χ4n) is 2.44. The molecule has 0 spiro atoms. The Morgan fingerprint density at radius 1 is 1.45 bits per heavy atom. The SMILES string of the molecule is COc1ccc(-n2cc(CNC(=O)C3CCNC3)nn2)cc1. The van der Waals surface area contributed by atoms with Crippen LogP contribution in [0.5, 0.6) is 5.75 Å². The number of carbonyl (C=O) groups is 1. The molecular weight excluding hydrogens is 282 g/mol. The van der Waals surface area contributed by atoms with Crippen LogP contribution in [-0.4, -0.2) is 41.1 Å². The lowest BCUT2D eigenvalue weighted by Gasteiger charge is -2.07. The van der Waals surface area contributed by atoms with E-state index in [9.17, 15) is 4.79 Å². The van der Waals surface area contributed by atoms with Gasteiger partial charge in [-0.1, -0.05) is 5.21 Å². The molecule has 1 aromatic heterocycles. The Kier molecular flexibility index (Phi) is 4.34. The zero-order chi connectivity index (χ0) is 15.4. The minimum Gasteiger partial charge on any atom is -0.497 e. The van der Waals surface area contributed by atoms with E-state index in [0.717, 1.165) is 36.6 Å². The minimum absolute atomic E-state index is 0.0663. The monoisotopic (exact) mass is 301 g/mol. The summed E-state index contributed by atoms with van der Waals surface area (Å²) in [6.07, 6.45) is 2.71. The number of carbonyl (C=O) groups excluding carboxylic acids is 1. The number of nitrogens with one attached hydrogen (secondary N) is 2. The van der Waals surface area contributed by atoms with Crippen molar-refractivity contribution in [1.29, 1.82) is 0 Å². The maximum atomic E-state index is 11.9. The molecule has 1 fully saturated rings. The molecule has 1 atom stereocenters. The van der Waals surface area contributed by atoms with Crippen molar-refractivity contribution in [3.05, 3.63) is 36.2 Å². The van der Waals surface area contributed by atoms with Gasteiger partial charge in [-0.3, -0.25) is 4.79 Å². The number of nitrogens with zero attached hydrogens (tertiary/aromatic N) is 3. The lowest BCUT2D eigenvalue weighted by Crippen LogP contribution is -2.31. The fourth-order valence-corrected chi connectivity index (χ4v) is 2.44. The van der Waals surface area contributed by atoms with Gasteiger partial charge in [-0.2, -0.15) is 0 Å². The van der Waals surface area contributed by atoms with Crippen LogP contribution in [0.3, 0.4) is 0 Å². The Labute approximate surface area is 128 Å². The Morgan fingerprint density at radius 3 is 2.95 bits per heavy atom. The average molecular weight is 301 g/mol. The average Bonchev–Trinajstić information content (AvgIpc) is 3.24. The van der Waals surface area contributed by atoms with E-state index in [1.807, 2.05) is 30.5 Å². The van der Waals surface area contributed by atoms with Gasteiger partial charge < -0.3 is 15.4 Å². The van der Waals surface area contributed by atoms with Crippen molar-refractivity contribution in [3.8, 4) is 11.4 Å². The van der Waals surface area contributed by atoms with Gasteiger partial charge in [0.05, 0.1) is 31.5 Å². The summed E-state index contributed by atoms with van der Waals surface area (Å²) in [5.41, 5.74) is 1.63. The highest BCUT2D eigenvalue weighted by molar-refractivity contribution is 5.79. The summed E-state index contributed by atoms with van der Waals surface area (Å²) in [5.74, 6) is 0.933. The van der Waals surface area contributed by atoms with Crippen LogP contribution in [0.1, 0.15) is 12.1 Å². The fraction of sp³-hybridized carbons (Fsp3) is 0.400. The highest BCUT2D eigenvalue weighted by Crippen LogP contribution is 2.14. The maximum absolute atomic E-state index is 11.9. The molecular formula is C15H19N5O2. The van der Waals surface area contributed by atoms with Gasteiger partial charge in [-0.25, -0.2) is 4.68 Å². The molecule has 1 amide bonds. The standard InChI is InChI=1S/C15H19N5O2/c1-22-14-4-2-13(3-5-14)20-10-12(18-19-20)9-17-15(21)11-6-7-16-8-11/h2-5,10-11,16H,6-9H2,1H3,(H,17,21). The van der Waals surface area contributed by atoms with E-state index >= 15 is 0 Å². The van der Waals surface area contributed by atoms with Gasteiger partial charge in [0.2, 0.25) is 5.91 Å². The number of ether oxygens (including phenoxy) is 1. The molecule has 1 aliphatic rings. The second-order valence-corrected chi connectivity index (χ2v) is 5.26. The van der Waals surface area contributed by atoms with Crippen molar-refractivity contribution in [2.24, 2.45) is 5.92 Å². The summed E-state index contributed by atoms with van der Waals surface area (Å²) in [5, 5.41) is 14.3. The number of hydrogen-bond donors (Lipinski definition) is 2. The van der Waals surface area contributed by atoms with E-state index in [1.165, 1.54) is 0 Å². The van der Waals surface area contributed by atoms with Gasteiger partial charge in [-0.05, 0) is 37.2 Å². The largest absolute Gasteiger partial charge is 0.497 e. The van der Waals surface area contributed by atoms with E-state index in [-0.39, 0.29) is 11.8 Å². The second kappa shape index (κ2) is 6.57. The molecule has 3 rings (SSSR count). The summed E-state index contributed by atoms with van der Waals surface area (Å²) < 4.78 is 6.80. The molecule has 7 nitrogen and oxygen atoms in total. The highest BCUT2D eigenvalue weighted by atomic mass is 16.5. The molecule has 7 heteroatoms. The molecule has 0 saturated carbocycles. The summed E-state index contributed by atoms with van der Waals surface area (Å²) in [6, 6.07) is 7.54. The first-order valence-electron chi connectivity index (χ1n) is 7.30. The number of benzene rings is 1. The molecule has 1 aromatic carbocycles. The predicted octanol–water partition coefficient (Wildman–Crippen LogP) is 0.502. The van der Waals surface area contributed by atoms with Crippen LogP contribution in [-0.2, 0) is 11.3 Å². The third-order valence-electron chi connectivity index (χ3n) is 3.75. The van der Waals surface area contributed by atoms with E-state index in [4.69, 9.17) is 4.74 Å². The molecule has 2 aromatic rings. The summed E-state index contributed by atoms with van der Waals surface area (Å²) >= 11 is 0. The number of methoxy groups -OCH3 is 1. The van der Waals surface area contributed by atoms with Gasteiger partial charge >= 0.3 is 0 Å². The Morgan fingerprint density at radius 2 is 2.27 bits per heavy atom. The van der Waals surface area contributed by atoms with Crippen LogP contribution in [0.2, 0.25) is 0 Å². The zero-order valence-corrected chi connectivity index (χ0v) is 12.5. The van der Waals surface area contributed by atoms with Crippen LogP contribution in [0.15, 0.2) is 30.5 Å². The summed E-state index contributed by atoms with van der Waals surface area (Å²) in [6.45, 7) is 2.06. The van der Waals surface area contributed by atoms with Crippen LogP contribution >= 0.6 is 0 Å². The van der Waals surface area contributed by atoms with Crippen molar-refractivity contribution in [2.45, 2.75) is 13.0 Å².